The molecule has 0 radical (unpaired) electrons. The maximum atomic E-state index is 9.05. The van der Waals surface area contributed by atoms with Crippen LogP contribution in [0.3, 0.4) is 0 Å². The lowest BCUT2D eigenvalue weighted by Crippen LogP contribution is -2.29. The van der Waals surface area contributed by atoms with E-state index in [1.54, 1.807) is 12.1 Å². The van der Waals surface area contributed by atoms with E-state index in [2.05, 4.69) is 374 Å². The average Bonchev–Trinajstić information content (AvgIpc) is 1.61. The third kappa shape index (κ3) is 13.2. The van der Waals surface area contributed by atoms with E-state index < -0.39 is 7.12 Å². The SMILES string of the molecule is Clc1nc(-c2cccc(-n3c4ccccc4c4ccccc43)c2)cc(-c2cccc(-n3c4ccccc4c4ccccc43)c2)n1.OB(O)c1cccc(-c2ccccc2)c1.c1ccc(-c2cccc(-c3nc(-c4cccc(-n5c6ccccc6c6ccccc65)c4)cc(-c4cccc(-n5c6ccccc6c6ccccc65)c4)n3)c2)cc1. The van der Waals surface area contributed by atoms with Crippen LogP contribution in [0.2, 0.25) is 5.28 Å². The lowest BCUT2D eigenvalue weighted by Gasteiger charge is -2.14. The fourth-order valence-corrected chi connectivity index (χ4v) is 16.8. The summed E-state index contributed by atoms with van der Waals surface area (Å²) in [5.41, 5.74) is 26.7. The summed E-state index contributed by atoms with van der Waals surface area (Å²) in [6.45, 7) is 0. The zero-order valence-electron chi connectivity index (χ0n) is 62.7. The van der Waals surface area contributed by atoms with Gasteiger partial charge in [-0.15, -0.1) is 0 Å². The van der Waals surface area contributed by atoms with Crippen LogP contribution in [-0.2, 0) is 0 Å². The average molecular weight is 1510 g/mol. The van der Waals surface area contributed by atoms with Crippen LogP contribution < -0.4 is 5.46 Å². The molecule has 0 unspecified atom stereocenters. The van der Waals surface area contributed by atoms with Crippen molar-refractivity contribution in [3.63, 3.8) is 0 Å². The summed E-state index contributed by atoms with van der Waals surface area (Å²) >= 11 is 6.61. The van der Waals surface area contributed by atoms with Gasteiger partial charge in [-0.1, -0.05) is 297 Å². The predicted octanol–water partition coefficient (Wildman–Crippen LogP) is 25.0. The summed E-state index contributed by atoms with van der Waals surface area (Å²) in [6.07, 6.45) is 0. The molecule has 0 amide bonds. The summed E-state index contributed by atoms with van der Waals surface area (Å²) in [6, 6.07) is 143. The smallest absolute Gasteiger partial charge is 0.423 e. The Labute approximate surface area is 674 Å². The van der Waals surface area contributed by atoms with Crippen LogP contribution in [0.5, 0.6) is 0 Å². The number of nitrogens with zero attached hydrogens (tertiary/aromatic N) is 8. The minimum absolute atomic E-state index is 0.215. The highest BCUT2D eigenvalue weighted by atomic mass is 35.5. The molecule has 22 aromatic rings. The maximum Gasteiger partial charge on any atom is 0.488 e. The van der Waals surface area contributed by atoms with Crippen molar-refractivity contribution in [1.82, 2.24) is 38.2 Å². The number of aromatic nitrogens is 8. The van der Waals surface area contributed by atoms with E-state index >= 15 is 0 Å². The first-order valence-corrected chi connectivity index (χ1v) is 39.1. The largest absolute Gasteiger partial charge is 0.488 e. The van der Waals surface area contributed by atoms with Gasteiger partial charge in [0.15, 0.2) is 5.82 Å². The highest BCUT2D eigenvalue weighted by Gasteiger charge is 2.21. The molecule has 2 N–H and O–H groups in total. The zero-order chi connectivity index (χ0) is 77.6. The molecule has 12 heteroatoms. The van der Waals surface area contributed by atoms with Crippen molar-refractivity contribution >= 4 is 111 Å². The Kier molecular flexibility index (Phi) is 18.4. The molecule has 0 aliphatic carbocycles. The molecule has 10 nitrogen and oxygen atoms in total. The van der Waals surface area contributed by atoms with Crippen molar-refractivity contribution in [3.8, 4) is 101 Å². The molecule has 116 heavy (non-hydrogen) atoms. The molecule has 0 atom stereocenters. The van der Waals surface area contributed by atoms with E-state index in [4.69, 9.17) is 31.6 Å². The molecular formula is C104H70BClN8O2. The number of fused-ring (bicyclic) bond motifs is 12. The predicted molar refractivity (Wildman–Crippen MR) is 481 cm³/mol. The van der Waals surface area contributed by atoms with Crippen LogP contribution >= 0.6 is 11.6 Å². The molecule has 6 heterocycles. The van der Waals surface area contributed by atoms with Crippen molar-refractivity contribution in [3.05, 3.63) is 418 Å². The first-order valence-electron chi connectivity index (χ1n) is 38.7. The summed E-state index contributed by atoms with van der Waals surface area (Å²) in [4.78, 5) is 20.0. The molecule has 548 valence electrons. The van der Waals surface area contributed by atoms with E-state index in [0.717, 1.165) is 95.6 Å². The number of hydrogen-bond donors (Lipinski definition) is 2. The Bertz CT molecular complexity index is 6930. The van der Waals surface area contributed by atoms with Gasteiger partial charge < -0.3 is 28.3 Å². The third-order valence-corrected chi connectivity index (χ3v) is 22.0. The fourth-order valence-electron chi connectivity index (χ4n) is 16.6. The quantitative estimate of drug-likeness (QED) is 0.0931. The van der Waals surface area contributed by atoms with E-state index in [9.17, 15) is 0 Å². The Morgan fingerprint density at radius 3 is 0.733 bits per heavy atom. The standard InChI is InChI=1S/C52H34N4.C40H25ClN4.C12H11BO2/c1-2-15-35(16-3-1)36-17-12-20-39(31-36)52-53-46(37-18-13-21-40(32-37)55-48-27-8-4-23-42(48)43-24-5-9-28-49(43)55)34-47(54-52)38-19-14-22-41(33-38)56-50-29-10-6-25-44(50)45-26-7-11-30-51(45)56;41-40-42-34(26-11-9-13-28(23-26)44-36-19-5-1-15-30(36)31-16-2-6-20-37(31)44)25-35(43-40)27-12-10-14-29(24-27)45-38-21-7-3-17-32(38)33-18-4-8-22-39(33)45;14-13(15)12-8-4-7-11(9-12)10-5-2-1-3-6-10/h1-34H;1-25H;1-9,14-15H. The van der Waals surface area contributed by atoms with Crippen LogP contribution in [0, 0.1) is 0 Å². The molecule has 0 fully saturated rings. The molecule has 0 aliphatic heterocycles. The number of halogens is 1. The van der Waals surface area contributed by atoms with Crippen molar-refractivity contribution < 1.29 is 10.0 Å². The van der Waals surface area contributed by atoms with Gasteiger partial charge >= 0.3 is 7.12 Å². The van der Waals surface area contributed by atoms with Gasteiger partial charge in [0.25, 0.3) is 0 Å². The molecular weight excluding hydrogens is 1440 g/mol. The Morgan fingerprint density at radius 1 is 0.198 bits per heavy atom. The number of para-hydroxylation sites is 8. The lowest BCUT2D eigenvalue weighted by atomic mass is 9.79. The molecule has 6 aromatic heterocycles. The fraction of sp³-hybridized carbons (Fsp3) is 0. The normalized spacial score (nSPS) is 11.4. The molecule has 0 saturated carbocycles. The second-order valence-corrected chi connectivity index (χ2v) is 29.2. The van der Waals surface area contributed by atoms with Crippen LogP contribution in [0.25, 0.3) is 189 Å². The van der Waals surface area contributed by atoms with Crippen molar-refractivity contribution in [2.45, 2.75) is 0 Å². The monoisotopic (exact) mass is 1510 g/mol. The zero-order valence-corrected chi connectivity index (χ0v) is 63.4. The topological polar surface area (TPSA) is 112 Å². The van der Waals surface area contributed by atoms with Crippen LogP contribution in [-0.4, -0.2) is 55.4 Å². The third-order valence-electron chi connectivity index (χ3n) is 21.9. The van der Waals surface area contributed by atoms with E-state index in [-0.39, 0.29) is 5.28 Å². The van der Waals surface area contributed by atoms with Gasteiger partial charge in [0.2, 0.25) is 5.28 Å². The molecule has 16 aromatic carbocycles. The van der Waals surface area contributed by atoms with Gasteiger partial charge in [-0.3, -0.25) is 0 Å². The van der Waals surface area contributed by atoms with Crippen molar-refractivity contribution in [2.24, 2.45) is 0 Å². The lowest BCUT2D eigenvalue weighted by molar-refractivity contribution is 0.426. The number of hydrogen-bond acceptors (Lipinski definition) is 6. The van der Waals surface area contributed by atoms with Gasteiger partial charge in [-0.25, -0.2) is 19.9 Å². The van der Waals surface area contributed by atoms with Gasteiger partial charge in [0, 0.05) is 93.7 Å². The van der Waals surface area contributed by atoms with Crippen LogP contribution in [0.1, 0.15) is 0 Å². The number of rotatable bonds is 12. The first kappa shape index (κ1) is 70.3. The molecule has 0 bridgehead atoms. The van der Waals surface area contributed by atoms with E-state index in [0.29, 0.717) is 11.3 Å². The molecule has 0 aliphatic rings. The Hall–Kier alpha value is -14.8. The summed E-state index contributed by atoms with van der Waals surface area (Å²) < 4.78 is 9.34. The molecule has 0 saturated heterocycles. The summed E-state index contributed by atoms with van der Waals surface area (Å²) in [5, 5.41) is 28.2. The molecule has 22 rings (SSSR count). The minimum Gasteiger partial charge on any atom is -0.423 e. The highest BCUT2D eigenvalue weighted by Crippen LogP contribution is 2.41. The minimum atomic E-state index is -1.41. The highest BCUT2D eigenvalue weighted by molar-refractivity contribution is 6.58. The summed E-state index contributed by atoms with van der Waals surface area (Å²) in [7, 11) is -1.41. The van der Waals surface area contributed by atoms with Gasteiger partial charge in [-0.2, -0.15) is 0 Å². The van der Waals surface area contributed by atoms with Crippen molar-refractivity contribution in [1.29, 1.82) is 0 Å². The Morgan fingerprint density at radius 2 is 0.431 bits per heavy atom. The van der Waals surface area contributed by atoms with Crippen LogP contribution in [0.4, 0.5) is 0 Å². The van der Waals surface area contributed by atoms with E-state index in [1.165, 1.54) is 87.2 Å². The van der Waals surface area contributed by atoms with Crippen molar-refractivity contribution in [2.75, 3.05) is 0 Å². The Balaban J connectivity index is 0.000000129. The maximum absolute atomic E-state index is 9.05. The first-order chi connectivity index (χ1) is 57.3. The van der Waals surface area contributed by atoms with Crippen LogP contribution in [0.15, 0.2) is 413 Å². The number of benzene rings is 16. The van der Waals surface area contributed by atoms with E-state index in [1.807, 2.05) is 54.6 Å². The van der Waals surface area contributed by atoms with Gasteiger partial charge in [0.1, 0.15) is 0 Å². The second-order valence-electron chi connectivity index (χ2n) is 28.9. The summed E-state index contributed by atoms with van der Waals surface area (Å²) in [5.74, 6) is 0.680. The molecule has 0 spiro atoms. The van der Waals surface area contributed by atoms with Gasteiger partial charge in [0.05, 0.1) is 66.9 Å². The van der Waals surface area contributed by atoms with Gasteiger partial charge in [-0.05, 0) is 155 Å². The second kappa shape index (κ2) is 30.3.